The molecule has 85 heavy (non-hydrogen) atoms. The van der Waals surface area contributed by atoms with E-state index in [4.69, 9.17) is 4.74 Å². The molecule has 2 atom stereocenters. The zero-order chi connectivity index (χ0) is 61.3. The van der Waals surface area contributed by atoms with E-state index in [1.165, 1.54) is 398 Å². The number of rotatable bonds is 76. The maximum absolute atomic E-state index is 12.6. The fourth-order valence-corrected chi connectivity index (χ4v) is 13.1. The lowest BCUT2D eigenvalue weighted by Gasteiger charge is -2.22. The van der Waals surface area contributed by atoms with E-state index in [0.29, 0.717) is 25.9 Å². The van der Waals surface area contributed by atoms with E-state index in [1.54, 1.807) is 0 Å². The van der Waals surface area contributed by atoms with Gasteiger partial charge in [0.25, 0.3) is 0 Å². The van der Waals surface area contributed by atoms with Crippen molar-refractivity contribution in [2.45, 2.75) is 482 Å². The van der Waals surface area contributed by atoms with Crippen LogP contribution >= 0.6 is 0 Å². The van der Waals surface area contributed by atoms with Crippen LogP contribution in [0.3, 0.4) is 0 Å². The van der Waals surface area contributed by atoms with Crippen LogP contribution < -0.4 is 5.32 Å². The molecular weight excluding hydrogens is 1040 g/mol. The largest absolute Gasteiger partial charge is 0.466 e. The third kappa shape index (κ3) is 71.8. The molecule has 0 aliphatic carbocycles. The van der Waals surface area contributed by atoms with Crippen LogP contribution in [0.15, 0.2) is 0 Å². The molecule has 0 bridgehead atoms. The molecule has 0 aromatic rings. The summed E-state index contributed by atoms with van der Waals surface area (Å²) in [5.74, 6) is 0.00159. The summed E-state index contributed by atoms with van der Waals surface area (Å²) in [7, 11) is 0. The highest BCUT2D eigenvalue weighted by Gasteiger charge is 2.20. The smallest absolute Gasteiger partial charge is 0.305 e. The summed E-state index contributed by atoms with van der Waals surface area (Å²) >= 11 is 0. The van der Waals surface area contributed by atoms with E-state index in [0.717, 1.165) is 38.5 Å². The fraction of sp³-hybridized carbons (Fsp3) is 0.975. The highest BCUT2D eigenvalue weighted by atomic mass is 16.5. The van der Waals surface area contributed by atoms with Gasteiger partial charge in [0.2, 0.25) is 5.91 Å². The molecule has 6 nitrogen and oxygen atoms in total. The summed E-state index contributed by atoms with van der Waals surface area (Å²) in [6.45, 7) is 5.02. The maximum Gasteiger partial charge on any atom is 0.305 e. The number of esters is 1. The van der Waals surface area contributed by atoms with Crippen LogP contribution in [-0.2, 0) is 14.3 Å². The topological polar surface area (TPSA) is 95.9 Å². The maximum atomic E-state index is 12.6. The van der Waals surface area contributed by atoms with E-state index >= 15 is 0 Å². The Kier molecular flexibility index (Phi) is 74.3. The lowest BCUT2D eigenvalue weighted by molar-refractivity contribution is -0.143. The average Bonchev–Trinajstić information content (AvgIpc) is 3.51. The number of amides is 1. The Morgan fingerprint density at radius 1 is 0.282 bits per heavy atom. The molecule has 3 N–H and O–H groups in total. The van der Waals surface area contributed by atoms with Crippen LogP contribution in [0, 0.1) is 0 Å². The molecule has 508 valence electrons. The Morgan fingerprint density at radius 3 is 0.718 bits per heavy atom. The van der Waals surface area contributed by atoms with Crippen molar-refractivity contribution >= 4 is 11.9 Å². The summed E-state index contributed by atoms with van der Waals surface area (Å²) in [4.78, 5) is 24.7. The molecule has 6 heteroatoms. The molecule has 0 heterocycles. The summed E-state index contributed by atoms with van der Waals surface area (Å²) in [5.41, 5.74) is 0. The van der Waals surface area contributed by atoms with Crippen molar-refractivity contribution < 1.29 is 24.5 Å². The van der Waals surface area contributed by atoms with Crippen molar-refractivity contribution in [3.05, 3.63) is 0 Å². The van der Waals surface area contributed by atoms with Crippen LogP contribution in [0.4, 0.5) is 0 Å². The number of hydrogen-bond donors (Lipinski definition) is 3. The minimum absolute atomic E-state index is 0.0251. The van der Waals surface area contributed by atoms with E-state index in [9.17, 15) is 19.8 Å². The van der Waals surface area contributed by atoms with E-state index in [-0.39, 0.29) is 18.5 Å². The van der Waals surface area contributed by atoms with Crippen LogP contribution in [-0.4, -0.2) is 47.4 Å². The van der Waals surface area contributed by atoms with Gasteiger partial charge < -0.3 is 20.3 Å². The van der Waals surface area contributed by atoms with E-state index in [1.807, 2.05) is 0 Å². The van der Waals surface area contributed by atoms with Gasteiger partial charge in [0.15, 0.2) is 0 Å². The lowest BCUT2D eigenvalue weighted by atomic mass is 10.0. The number of carbonyl (C=O) groups excluding carboxylic acids is 2. The summed E-state index contributed by atoms with van der Waals surface area (Å²) < 4.78 is 5.52. The molecule has 0 aliphatic rings. The monoisotopic (exact) mass is 1200 g/mol. The van der Waals surface area contributed by atoms with Gasteiger partial charge in [0.05, 0.1) is 25.4 Å². The summed E-state index contributed by atoms with van der Waals surface area (Å²) in [6, 6.07) is -0.538. The van der Waals surface area contributed by atoms with E-state index in [2.05, 4.69) is 19.2 Å². The zero-order valence-electron chi connectivity index (χ0n) is 58.4. The van der Waals surface area contributed by atoms with Crippen LogP contribution in [0.25, 0.3) is 0 Å². The fourth-order valence-electron chi connectivity index (χ4n) is 13.1. The Balaban J connectivity index is 3.30. The molecule has 0 aromatic carbocycles. The van der Waals surface area contributed by atoms with Gasteiger partial charge in [-0.05, 0) is 25.7 Å². The molecule has 0 aromatic heterocycles. The van der Waals surface area contributed by atoms with Crippen LogP contribution in [0.1, 0.15) is 470 Å². The van der Waals surface area contributed by atoms with Gasteiger partial charge in [0, 0.05) is 12.8 Å². The van der Waals surface area contributed by atoms with Gasteiger partial charge in [-0.15, -0.1) is 0 Å². The standard InChI is InChI=1S/C79H157NO5/c1-3-5-7-9-11-13-15-17-19-21-36-39-43-47-51-55-59-63-67-71-77(82)76(75-81)80-78(83)72-68-64-60-56-52-48-44-40-37-34-32-30-28-26-24-23-25-27-29-31-33-35-38-42-46-50-54-58-62-66-70-74-85-79(84)73-69-65-61-57-53-49-45-41-22-20-18-16-14-12-10-8-6-4-2/h76-77,81-82H,3-75H2,1-2H3,(H,80,83). The van der Waals surface area contributed by atoms with Crippen molar-refractivity contribution in [1.82, 2.24) is 5.32 Å². The van der Waals surface area contributed by atoms with Crippen molar-refractivity contribution in [3.8, 4) is 0 Å². The van der Waals surface area contributed by atoms with Crippen molar-refractivity contribution in [2.75, 3.05) is 13.2 Å². The predicted molar refractivity (Wildman–Crippen MR) is 375 cm³/mol. The van der Waals surface area contributed by atoms with Gasteiger partial charge in [-0.1, -0.05) is 431 Å². The highest BCUT2D eigenvalue weighted by molar-refractivity contribution is 5.76. The molecule has 0 saturated carbocycles. The van der Waals surface area contributed by atoms with Crippen molar-refractivity contribution in [2.24, 2.45) is 0 Å². The first kappa shape index (κ1) is 83.9. The molecule has 2 unspecified atom stereocenters. The first-order valence-electron chi connectivity index (χ1n) is 39.8. The van der Waals surface area contributed by atoms with Crippen molar-refractivity contribution in [3.63, 3.8) is 0 Å². The Hall–Kier alpha value is -1.14. The Bertz CT molecular complexity index is 1240. The second-order valence-electron chi connectivity index (χ2n) is 27.8. The lowest BCUT2D eigenvalue weighted by Crippen LogP contribution is -2.45. The number of nitrogens with one attached hydrogen (secondary N) is 1. The minimum atomic E-state index is -0.661. The van der Waals surface area contributed by atoms with Gasteiger partial charge in [0.1, 0.15) is 0 Å². The third-order valence-corrected chi connectivity index (χ3v) is 19.2. The quantitative estimate of drug-likeness (QED) is 0.0417. The zero-order valence-corrected chi connectivity index (χ0v) is 58.4. The normalized spacial score (nSPS) is 12.4. The second kappa shape index (κ2) is 75.3. The predicted octanol–water partition coefficient (Wildman–Crippen LogP) is 26.1. The van der Waals surface area contributed by atoms with Gasteiger partial charge in [-0.2, -0.15) is 0 Å². The third-order valence-electron chi connectivity index (χ3n) is 19.2. The second-order valence-corrected chi connectivity index (χ2v) is 27.8. The number of aliphatic hydroxyl groups excluding tert-OH is 2. The minimum Gasteiger partial charge on any atom is -0.466 e. The summed E-state index contributed by atoms with van der Waals surface area (Å²) in [6.07, 6.45) is 93.4. The van der Waals surface area contributed by atoms with Crippen LogP contribution in [0.2, 0.25) is 0 Å². The number of unbranched alkanes of at least 4 members (excludes halogenated alkanes) is 65. The first-order chi connectivity index (χ1) is 42.0. The summed E-state index contributed by atoms with van der Waals surface area (Å²) in [5, 5.41) is 23.4. The Morgan fingerprint density at radius 2 is 0.482 bits per heavy atom. The number of hydrogen-bond acceptors (Lipinski definition) is 5. The van der Waals surface area contributed by atoms with Crippen molar-refractivity contribution in [1.29, 1.82) is 0 Å². The molecule has 0 spiro atoms. The van der Waals surface area contributed by atoms with Gasteiger partial charge >= 0.3 is 5.97 Å². The molecule has 1 amide bonds. The van der Waals surface area contributed by atoms with Gasteiger partial charge in [-0.25, -0.2) is 0 Å². The molecule has 0 aliphatic heterocycles. The molecule has 0 rings (SSSR count). The molecular formula is C79H157NO5. The van der Waals surface area contributed by atoms with E-state index < -0.39 is 12.1 Å². The molecule has 0 saturated heterocycles. The highest BCUT2D eigenvalue weighted by Crippen LogP contribution is 2.21. The number of carbonyl (C=O) groups is 2. The SMILES string of the molecule is CCCCCCCCCCCCCCCCCCCCCC(O)C(CO)NC(=O)CCCCCCCCCCCCCCCCCCCCCCCCCCCCCCCCCOC(=O)CCCCCCCCCCCCCCCCCCCC. The first-order valence-corrected chi connectivity index (χ1v) is 39.8. The number of ether oxygens (including phenoxy) is 1. The average molecular weight is 1200 g/mol. The van der Waals surface area contributed by atoms with Crippen LogP contribution in [0.5, 0.6) is 0 Å². The molecule has 0 fully saturated rings. The molecule has 0 radical (unpaired) electrons. The number of aliphatic hydroxyl groups is 2. The van der Waals surface area contributed by atoms with Gasteiger partial charge in [-0.3, -0.25) is 9.59 Å². The Labute approximate surface area is 534 Å².